The molecule has 1 atom stereocenters. The predicted octanol–water partition coefficient (Wildman–Crippen LogP) is 3.16. The fourth-order valence-electron chi connectivity index (χ4n) is 1.61. The monoisotopic (exact) mass is 405 g/mol. The molecule has 1 aromatic rings. The average molecular weight is 405 g/mol. The fraction of sp³-hybridized carbons (Fsp3) is 0.467. The van der Waals surface area contributed by atoms with Crippen LogP contribution in [-0.4, -0.2) is 17.5 Å². The average Bonchev–Trinajstić information content (AvgIpc) is 2.35. The lowest BCUT2D eigenvalue weighted by Gasteiger charge is -2.22. The predicted molar refractivity (Wildman–Crippen MR) is 87.6 cm³/mol. The number of nitrogens with two attached hydrogens (primary N) is 1. The summed E-state index contributed by atoms with van der Waals surface area (Å²) in [6, 6.07) is 5.19. The maximum Gasteiger partial charge on any atom is 0.340 e. The largest absolute Gasteiger partial charge is 0.456 e. The van der Waals surface area contributed by atoms with Gasteiger partial charge in [-0.15, -0.1) is 0 Å². The van der Waals surface area contributed by atoms with Crippen LogP contribution in [0.25, 0.3) is 0 Å². The van der Waals surface area contributed by atoms with Crippen molar-refractivity contribution in [2.24, 2.45) is 5.73 Å². The number of esters is 2. The standard InChI is InChI=1S/C15H20INO4/c1-5-11(18)20-13(17)9-7-6-8-10(16)12(9)14(19)21-15(2,3)4/h6-8,13H,5,17H2,1-4H3. The Bertz CT molecular complexity index is 537. The highest BCUT2D eigenvalue weighted by molar-refractivity contribution is 14.1. The molecule has 0 aromatic heterocycles. The number of rotatable bonds is 4. The molecule has 1 rings (SSSR count). The van der Waals surface area contributed by atoms with Crippen LogP contribution in [0.3, 0.4) is 0 Å². The van der Waals surface area contributed by atoms with E-state index in [0.717, 1.165) is 0 Å². The first-order valence-electron chi connectivity index (χ1n) is 6.62. The number of hydrogen-bond acceptors (Lipinski definition) is 5. The van der Waals surface area contributed by atoms with Gasteiger partial charge in [0.2, 0.25) is 0 Å². The summed E-state index contributed by atoms with van der Waals surface area (Å²) in [7, 11) is 0. The van der Waals surface area contributed by atoms with E-state index in [1.807, 2.05) is 22.6 Å². The zero-order valence-corrected chi connectivity index (χ0v) is 14.8. The summed E-state index contributed by atoms with van der Waals surface area (Å²) in [6.45, 7) is 7.05. The molecule has 2 N–H and O–H groups in total. The molecule has 116 valence electrons. The van der Waals surface area contributed by atoms with E-state index in [1.54, 1.807) is 45.9 Å². The van der Waals surface area contributed by atoms with Crippen molar-refractivity contribution < 1.29 is 19.1 Å². The van der Waals surface area contributed by atoms with Crippen LogP contribution in [-0.2, 0) is 14.3 Å². The lowest BCUT2D eigenvalue weighted by Crippen LogP contribution is -2.27. The lowest BCUT2D eigenvalue weighted by atomic mass is 10.1. The maximum atomic E-state index is 12.3. The van der Waals surface area contributed by atoms with Crippen molar-refractivity contribution in [3.05, 3.63) is 32.9 Å². The summed E-state index contributed by atoms with van der Waals surface area (Å²) in [6.07, 6.45) is -0.769. The molecule has 6 heteroatoms. The van der Waals surface area contributed by atoms with Gasteiger partial charge in [0.05, 0.1) is 5.56 Å². The highest BCUT2D eigenvalue weighted by Crippen LogP contribution is 2.25. The van der Waals surface area contributed by atoms with Gasteiger partial charge in [-0.2, -0.15) is 0 Å². The van der Waals surface area contributed by atoms with Crippen LogP contribution < -0.4 is 5.73 Å². The molecule has 0 bridgehead atoms. The smallest absolute Gasteiger partial charge is 0.340 e. The van der Waals surface area contributed by atoms with Crippen LogP contribution in [0.1, 0.15) is 56.3 Å². The number of benzene rings is 1. The van der Waals surface area contributed by atoms with Crippen LogP contribution in [0.5, 0.6) is 0 Å². The Kier molecular flexibility index (Phi) is 6.15. The third-order valence-corrected chi connectivity index (χ3v) is 3.40. The minimum Gasteiger partial charge on any atom is -0.456 e. The van der Waals surface area contributed by atoms with Gasteiger partial charge in [0, 0.05) is 15.6 Å². The molecule has 0 fully saturated rings. The Morgan fingerprint density at radius 2 is 1.95 bits per heavy atom. The number of halogens is 1. The van der Waals surface area contributed by atoms with Crippen LogP contribution in [0.15, 0.2) is 18.2 Å². The van der Waals surface area contributed by atoms with Crippen LogP contribution in [0.2, 0.25) is 0 Å². The van der Waals surface area contributed by atoms with Crippen LogP contribution in [0, 0.1) is 3.57 Å². The highest BCUT2D eigenvalue weighted by Gasteiger charge is 2.26. The quantitative estimate of drug-likeness (QED) is 0.473. The Labute approximate surface area is 138 Å². The van der Waals surface area contributed by atoms with Gasteiger partial charge in [-0.25, -0.2) is 4.79 Å². The third kappa shape index (κ3) is 5.28. The molecular formula is C15H20INO4. The molecule has 0 aliphatic heterocycles. The van der Waals surface area contributed by atoms with Crippen molar-refractivity contribution in [2.75, 3.05) is 0 Å². The molecular weight excluding hydrogens is 385 g/mol. The van der Waals surface area contributed by atoms with Crippen molar-refractivity contribution >= 4 is 34.5 Å². The van der Waals surface area contributed by atoms with Crippen molar-refractivity contribution in [1.29, 1.82) is 0 Å². The zero-order valence-electron chi connectivity index (χ0n) is 12.6. The van der Waals surface area contributed by atoms with E-state index in [0.29, 0.717) is 14.7 Å². The van der Waals surface area contributed by atoms with Gasteiger partial charge >= 0.3 is 11.9 Å². The van der Waals surface area contributed by atoms with Crippen molar-refractivity contribution in [3.8, 4) is 0 Å². The van der Waals surface area contributed by atoms with E-state index >= 15 is 0 Å². The molecule has 0 amide bonds. The second kappa shape index (κ2) is 7.22. The first-order chi connectivity index (χ1) is 9.65. The van der Waals surface area contributed by atoms with E-state index < -0.39 is 23.8 Å². The minimum absolute atomic E-state index is 0.222. The Hall–Kier alpha value is -1.15. The molecule has 5 nitrogen and oxygen atoms in total. The normalized spacial score (nSPS) is 12.7. The molecule has 0 saturated carbocycles. The lowest BCUT2D eigenvalue weighted by molar-refractivity contribution is -0.148. The first kappa shape index (κ1) is 17.9. The Morgan fingerprint density at radius 3 is 2.48 bits per heavy atom. The summed E-state index contributed by atoms with van der Waals surface area (Å²) >= 11 is 2.03. The van der Waals surface area contributed by atoms with E-state index in [-0.39, 0.29) is 6.42 Å². The fourth-order valence-corrected chi connectivity index (χ4v) is 2.35. The Morgan fingerprint density at radius 1 is 1.33 bits per heavy atom. The number of ether oxygens (including phenoxy) is 2. The third-order valence-electron chi connectivity index (χ3n) is 2.50. The van der Waals surface area contributed by atoms with Crippen molar-refractivity contribution in [3.63, 3.8) is 0 Å². The maximum absolute atomic E-state index is 12.3. The van der Waals surface area contributed by atoms with Crippen LogP contribution in [0.4, 0.5) is 0 Å². The topological polar surface area (TPSA) is 78.6 Å². The van der Waals surface area contributed by atoms with Gasteiger partial charge in [0.15, 0.2) is 6.23 Å². The summed E-state index contributed by atoms with van der Waals surface area (Å²) in [5.74, 6) is -0.901. The number of carbonyl (C=O) groups excluding carboxylic acids is 2. The summed E-state index contributed by atoms with van der Waals surface area (Å²) < 4.78 is 11.2. The van der Waals surface area contributed by atoms with E-state index in [2.05, 4.69) is 0 Å². The van der Waals surface area contributed by atoms with E-state index in [9.17, 15) is 9.59 Å². The SMILES string of the molecule is CCC(=O)OC(N)c1cccc(I)c1C(=O)OC(C)(C)C. The molecule has 0 aliphatic carbocycles. The summed E-state index contributed by atoms with van der Waals surface area (Å²) in [5, 5.41) is 0. The number of hydrogen-bond donors (Lipinski definition) is 1. The van der Waals surface area contributed by atoms with Crippen molar-refractivity contribution in [2.45, 2.75) is 45.9 Å². The van der Waals surface area contributed by atoms with Crippen molar-refractivity contribution in [1.82, 2.24) is 0 Å². The molecule has 0 spiro atoms. The summed E-state index contributed by atoms with van der Waals surface area (Å²) in [5.41, 5.74) is 6.05. The van der Waals surface area contributed by atoms with Gasteiger partial charge in [-0.1, -0.05) is 19.1 Å². The first-order valence-corrected chi connectivity index (χ1v) is 7.70. The second-order valence-corrected chi connectivity index (χ2v) is 6.63. The molecule has 1 unspecified atom stereocenters. The van der Waals surface area contributed by atoms with Gasteiger partial charge in [-0.05, 0) is 49.4 Å². The minimum atomic E-state index is -0.991. The molecule has 0 radical (unpaired) electrons. The van der Waals surface area contributed by atoms with Crippen LogP contribution >= 0.6 is 22.6 Å². The van der Waals surface area contributed by atoms with Gasteiger partial charge in [-0.3, -0.25) is 10.5 Å². The molecule has 0 saturated heterocycles. The summed E-state index contributed by atoms with van der Waals surface area (Å²) in [4.78, 5) is 23.7. The van der Waals surface area contributed by atoms with Gasteiger partial charge in [0.1, 0.15) is 5.60 Å². The second-order valence-electron chi connectivity index (χ2n) is 5.47. The highest BCUT2D eigenvalue weighted by atomic mass is 127. The molecule has 21 heavy (non-hydrogen) atoms. The molecule has 1 aromatic carbocycles. The van der Waals surface area contributed by atoms with Gasteiger partial charge in [0.25, 0.3) is 0 Å². The van der Waals surface area contributed by atoms with E-state index in [1.165, 1.54) is 0 Å². The number of carbonyl (C=O) groups is 2. The van der Waals surface area contributed by atoms with Gasteiger partial charge < -0.3 is 9.47 Å². The van der Waals surface area contributed by atoms with E-state index in [4.69, 9.17) is 15.2 Å². The zero-order chi connectivity index (χ0) is 16.2. The molecule has 0 heterocycles. The molecule has 0 aliphatic rings. The Balaban J connectivity index is 3.14.